The van der Waals surface area contributed by atoms with Crippen molar-refractivity contribution in [2.24, 2.45) is 5.92 Å². The van der Waals surface area contributed by atoms with Crippen LogP contribution >= 0.6 is 0 Å². The fourth-order valence-electron chi connectivity index (χ4n) is 4.79. The molecule has 0 radical (unpaired) electrons. The number of hydrogen-bond donors (Lipinski definition) is 1. The lowest BCUT2D eigenvalue weighted by atomic mass is 9.87. The Bertz CT molecular complexity index is 1060. The third kappa shape index (κ3) is 6.00. The van der Waals surface area contributed by atoms with Crippen molar-refractivity contribution >= 4 is 16.7 Å². The van der Waals surface area contributed by atoms with Crippen molar-refractivity contribution < 1.29 is 45.7 Å². The van der Waals surface area contributed by atoms with Crippen LogP contribution in [0.5, 0.6) is 5.75 Å². The van der Waals surface area contributed by atoms with E-state index in [1.807, 2.05) is 4.90 Å². The zero-order valence-electron chi connectivity index (χ0n) is 18.7. The third-order valence-corrected chi connectivity index (χ3v) is 6.59. The van der Waals surface area contributed by atoms with Crippen LogP contribution in [0.3, 0.4) is 0 Å². The van der Waals surface area contributed by atoms with Gasteiger partial charge in [-0.3, -0.25) is 4.90 Å². The van der Waals surface area contributed by atoms with Crippen LogP contribution in [0.2, 0.25) is 0 Å². The molecule has 0 bridgehead atoms. The second-order valence-corrected chi connectivity index (χ2v) is 9.06. The Balaban J connectivity index is 1.54. The molecular formula is C24H25F6NO4. The minimum absolute atomic E-state index is 0.0370. The van der Waals surface area contributed by atoms with Crippen LogP contribution in [0.15, 0.2) is 30.3 Å². The van der Waals surface area contributed by atoms with E-state index in [9.17, 15) is 31.1 Å². The van der Waals surface area contributed by atoms with Gasteiger partial charge < -0.3 is 14.6 Å². The summed E-state index contributed by atoms with van der Waals surface area (Å²) in [5, 5.41) is 9.42. The molecule has 1 unspecified atom stereocenters. The lowest BCUT2D eigenvalue weighted by Crippen LogP contribution is -2.45. The van der Waals surface area contributed by atoms with E-state index in [1.54, 1.807) is 12.1 Å². The molecule has 0 spiro atoms. The highest BCUT2D eigenvalue weighted by Crippen LogP contribution is 2.44. The molecule has 5 nitrogen and oxygen atoms in total. The molecule has 2 aromatic rings. The standard InChI is InChI=1S/C24H25F6NO4/c25-23(26,27)16-3-5-17(6-4-16)35-19-8-2-15-11-14(1-7-18(15)21(19)24(28,29)30)12-31-9-10-34-20(13-31)22(32)33/h1-2,7-8,11,16-17,20H,3-6,9-10,12-13H2,(H,32,33)/t16-,17+,20?. The number of fused-ring (bicyclic) bond motifs is 1. The molecule has 1 saturated carbocycles. The summed E-state index contributed by atoms with van der Waals surface area (Å²) in [7, 11) is 0. The largest absolute Gasteiger partial charge is 0.490 e. The first kappa shape index (κ1) is 25.6. The Morgan fingerprint density at radius 1 is 1.06 bits per heavy atom. The zero-order chi connectivity index (χ0) is 25.4. The maximum atomic E-state index is 14.0. The van der Waals surface area contributed by atoms with Gasteiger partial charge in [0.1, 0.15) is 11.3 Å². The summed E-state index contributed by atoms with van der Waals surface area (Å²) < 4.78 is 91.6. The first-order valence-corrected chi connectivity index (χ1v) is 11.3. The van der Waals surface area contributed by atoms with Crippen molar-refractivity contribution in [1.82, 2.24) is 4.90 Å². The molecule has 1 aliphatic heterocycles. The van der Waals surface area contributed by atoms with E-state index in [-0.39, 0.29) is 50.0 Å². The Hall–Kier alpha value is -2.53. The van der Waals surface area contributed by atoms with Gasteiger partial charge >= 0.3 is 18.3 Å². The van der Waals surface area contributed by atoms with E-state index < -0.39 is 42.0 Å². The summed E-state index contributed by atoms with van der Waals surface area (Å²) in [6.07, 6.45) is -11.0. The van der Waals surface area contributed by atoms with E-state index in [2.05, 4.69) is 0 Å². The summed E-state index contributed by atoms with van der Waals surface area (Å²) in [6, 6.07) is 7.26. The maximum absolute atomic E-state index is 14.0. The highest BCUT2D eigenvalue weighted by molar-refractivity contribution is 5.89. The minimum Gasteiger partial charge on any atom is -0.490 e. The topological polar surface area (TPSA) is 59.0 Å². The summed E-state index contributed by atoms with van der Waals surface area (Å²) in [4.78, 5) is 13.0. The molecule has 1 heterocycles. The van der Waals surface area contributed by atoms with Crippen molar-refractivity contribution in [2.75, 3.05) is 19.7 Å². The van der Waals surface area contributed by atoms with Gasteiger partial charge in [0.15, 0.2) is 6.10 Å². The lowest BCUT2D eigenvalue weighted by molar-refractivity contribution is -0.185. The Kier molecular flexibility index (Phi) is 7.19. The van der Waals surface area contributed by atoms with Gasteiger partial charge in [0.25, 0.3) is 0 Å². The number of hydrogen-bond acceptors (Lipinski definition) is 4. The van der Waals surface area contributed by atoms with Crippen LogP contribution in [0, 0.1) is 5.92 Å². The average molecular weight is 505 g/mol. The Labute approximate surface area is 197 Å². The van der Waals surface area contributed by atoms with Crippen LogP contribution in [0.1, 0.15) is 36.8 Å². The number of benzene rings is 2. The summed E-state index contributed by atoms with van der Waals surface area (Å²) in [6.45, 7) is 1.27. The molecule has 2 aromatic carbocycles. The number of rotatable bonds is 5. The van der Waals surface area contributed by atoms with Crippen LogP contribution in [-0.4, -0.2) is 54.1 Å². The van der Waals surface area contributed by atoms with Gasteiger partial charge in [0, 0.05) is 19.6 Å². The second kappa shape index (κ2) is 9.85. The molecule has 11 heteroatoms. The van der Waals surface area contributed by atoms with Crippen molar-refractivity contribution in [3.05, 3.63) is 41.5 Å². The smallest absolute Gasteiger partial charge is 0.420 e. The number of halogens is 6. The maximum Gasteiger partial charge on any atom is 0.420 e. The normalized spacial score (nSPS) is 24.5. The Morgan fingerprint density at radius 2 is 1.77 bits per heavy atom. The first-order chi connectivity index (χ1) is 16.4. The second-order valence-electron chi connectivity index (χ2n) is 9.06. The number of carbonyl (C=O) groups is 1. The van der Waals surface area contributed by atoms with Crippen molar-refractivity contribution in [3.63, 3.8) is 0 Å². The molecule has 1 N–H and O–H groups in total. The highest BCUT2D eigenvalue weighted by Gasteiger charge is 2.42. The molecule has 0 amide bonds. The highest BCUT2D eigenvalue weighted by atomic mass is 19.4. The Morgan fingerprint density at radius 3 is 2.40 bits per heavy atom. The van der Waals surface area contributed by atoms with Gasteiger partial charge in [-0.1, -0.05) is 18.2 Å². The fraction of sp³-hybridized carbons (Fsp3) is 0.542. The molecule has 2 aliphatic rings. The van der Waals surface area contributed by atoms with E-state index in [0.29, 0.717) is 18.5 Å². The molecule has 1 aliphatic carbocycles. The number of aliphatic carboxylic acids is 1. The molecule has 0 aromatic heterocycles. The summed E-state index contributed by atoms with van der Waals surface area (Å²) in [5.74, 6) is -2.90. The zero-order valence-corrected chi connectivity index (χ0v) is 18.7. The molecule has 35 heavy (non-hydrogen) atoms. The van der Waals surface area contributed by atoms with Crippen LogP contribution in [-0.2, 0) is 22.3 Å². The predicted octanol–water partition coefficient (Wildman–Crippen LogP) is 5.64. The third-order valence-electron chi connectivity index (χ3n) is 6.59. The van der Waals surface area contributed by atoms with E-state index in [1.165, 1.54) is 18.2 Å². The monoisotopic (exact) mass is 505 g/mol. The summed E-state index contributed by atoms with van der Waals surface area (Å²) in [5.41, 5.74) is -0.229. The number of carboxylic acid groups (broad SMARTS) is 1. The minimum atomic E-state index is -4.72. The number of alkyl halides is 6. The molecule has 4 rings (SSSR count). The van der Waals surface area contributed by atoms with Crippen molar-refractivity contribution in [2.45, 2.75) is 56.8 Å². The summed E-state index contributed by atoms with van der Waals surface area (Å²) >= 11 is 0. The van der Waals surface area contributed by atoms with E-state index in [0.717, 1.165) is 5.56 Å². The van der Waals surface area contributed by atoms with Gasteiger partial charge in [-0.15, -0.1) is 0 Å². The van der Waals surface area contributed by atoms with Crippen LogP contribution < -0.4 is 4.74 Å². The molecule has 2 fully saturated rings. The van der Waals surface area contributed by atoms with Crippen LogP contribution in [0.4, 0.5) is 26.3 Å². The van der Waals surface area contributed by atoms with Gasteiger partial charge in [0.05, 0.1) is 18.6 Å². The average Bonchev–Trinajstić information content (AvgIpc) is 2.78. The number of morpholine rings is 1. The molecular weight excluding hydrogens is 480 g/mol. The lowest BCUT2D eigenvalue weighted by Gasteiger charge is -2.31. The quantitative estimate of drug-likeness (QED) is 0.533. The first-order valence-electron chi connectivity index (χ1n) is 11.3. The molecule has 1 saturated heterocycles. The predicted molar refractivity (Wildman–Crippen MR) is 114 cm³/mol. The van der Waals surface area contributed by atoms with Crippen LogP contribution in [0.25, 0.3) is 10.8 Å². The van der Waals surface area contributed by atoms with Gasteiger partial charge in [-0.25, -0.2) is 4.79 Å². The molecule has 1 atom stereocenters. The van der Waals surface area contributed by atoms with Gasteiger partial charge in [-0.05, 0) is 54.2 Å². The number of carboxylic acids is 1. The number of ether oxygens (including phenoxy) is 2. The van der Waals surface area contributed by atoms with Gasteiger partial charge in [-0.2, -0.15) is 26.3 Å². The fourth-order valence-corrected chi connectivity index (χ4v) is 4.79. The van der Waals surface area contributed by atoms with E-state index in [4.69, 9.17) is 14.6 Å². The number of nitrogens with zero attached hydrogens (tertiary/aromatic N) is 1. The SMILES string of the molecule is O=C(O)C1CN(Cc2ccc3c(C(F)(F)F)c(O[C@H]4CC[C@@H](C(F)(F)F)CC4)ccc3c2)CCO1. The van der Waals surface area contributed by atoms with Crippen molar-refractivity contribution in [3.8, 4) is 5.75 Å². The van der Waals surface area contributed by atoms with Gasteiger partial charge in [0.2, 0.25) is 0 Å². The van der Waals surface area contributed by atoms with Crippen molar-refractivity contribution in [1.29, 1.82) is 0 Å². The molecule has 192 valence electrons. The van der Waals surface area contributed by atoms with E-state index >= 15 is 0 Å².